The Balaban J connectivity index is 1.18. The van der Waals surface area contributed by atoms with Gasteiger partial charge in [0.05, 0.1) is 31.7 Å². The first-order valence-corrected chi connectivity index (χ1v) is 11.7. The molecule has 4 saturated heterocycles. The van der Waals surface area contributed by atoms with Crippen LogP contribution >= 0.6 is 0 Å². The lowest BCUT2D eigenvalue weighted by Gasteiger charge is -2.50. The summed E-state index contributed by atoms with van der Waals surface area (Å²) in [6.07, 6.45) is 5.54. The summed E-state index contributed by atoms with van der Waals surface area (Å²) in [5.41, 5.74) is 1.97. The number of piperidine rings is 4. The van der Waals surface area contributed by atoms with E-state index in [2.05, 4.69) is 15.2 Å². The smallest absolute Gasteiger partial charge is 0.308 e. The summed E-state index contributed by atoms with van der Waals surface area (Å²) in [4.78, 5) is 29.5. The maximum atomic E-state index is 13.3. The van der Waals surface area contributed by atoms with Gasteiger partial charge in [0.2, 0.25) is 5.91 Å². The fourth-order valence-electron chi connectivity index (χ4n) is 5.69. The number of fused-ring (bicyclic) bond motifs is 3. The van der Waals surface area contributed by atoms with Crippen LogP contribution in [0.5, 0.6) is 0 Å². The molecule has 0 spiro atoms. The quantitative estimate of drug-likeness (QED) is 0.666. The summed E-state index contributed by atoms with van der Waals surface area (Å²) in [6, 6.07) is 10.5. The van der Waals surface area contributed by atoms with Crippen LogP contribution in [0.15, 0.2) is 36.5 Å². The number of rotatable bonds is 5. The molecule has 0 saturated carbocycles. The van der Waals surface area contributed by atoms with Crippen molar-refractivity contribution in [3.63, 3.8) is 0 Å². The van der Waals surface area contributed by atoms with Gasteiger partial charge >= 0.3 is 5.97 Å². The summed E-state index contributed by atoms with van der Waals surface area (Å²) in [5.74, 6) is 0.557. The molecule has 2 bridgehead atoms. The molecule has 0 N–H and O–H groups in total. The molecular weight excluding hydrogens is 406 g/mol. The molecule has 4 unspecified atom stereocenters. The molecule has 0 aliphatic carbocycles. The third kappa shape index (κ3) is 4.16. The Labute approximate surface area is 188 Å². The van der Waals surface area contributed by atoms with Crippen molar-refractivity contribution in [3.05, 3.63) is 36.5 Å². The van der Waals surface area contributed by atoms with E-state index in [-0.39, 0.29) is 23.7 Å². The van der Waals surface area contributed by atoms with Gasteiger partial charge in [0.1, 0.15) is 5.69 Å². The molecular formula is C24H31N5O3. The van der Waals surface area contributed by atoms with Crippen molar-refractivity contribution in [2.75, 3.05) is 33.3 Å². The maximum absolute atomic E-state index is 13.3. The zero-order valence-electron chi connectivity index (χ0n) is 18.6. The Morgan fingerprint density at radius 2 is 1.88 bits per heavy atom. The predicted octanol–water partition coefficient (Wildman–Crippen LogP) is 2.07. The molecule has 4 fully saturated rings. The summed E-state index contributed by atoms with van der Waals surface area (Å²) in [7, 11) is 1.44. The Morgan fingerprint density at radius 3 is 2.56 bits per heavy atom. The van der Waals surface area contributed by atoms with E-state index in [0.29, 0.717) is 37.9 Å². The van der Waals surface area contributed by atoms with Gasteiger partial charge in [-0.2, -0.15) is 0 Å². The van der Waals surface area contributed by atoms with Crippen LogP contribution in [-0.4, -0.2) is 76.0 Å². The lowest BCUT2D eigenvalue weighted by molar-refractivity contribution is -0.152. The van der Waals surface area contributed by atoms with Gasteiger partial charge in [-0.05, 0) is 38.1 Å². The highest BCUT2D eigenvalue weighted by Crippen LogP contribution is 2.38. The summed E-state index contributed by atoms with van der Waals surface area (Å²) in [6.45, 7) is 4.00. The van der Waals surface area contributed by atoms with Crippen molar-refractivity contribution < 1.29 is 14.3 Å². The number of carbonyl (C=O) groups is 2. The number of esters is 1. The van der Waals surface area contributed by atoms with E-state index in [9.17, 15) is 9.59 Å². The highest BCUT2D eigenvalue weighted by molar-refractivity contribution is 5.80. The van der Waals surface area contributed by atoms with Crippen molar-refractivity contribution >= 4 is 11.9 Å². The first-order chi connectivity index (χ1) is 15.6. The number of hydrogen-bond donors (Lipinski definition) is 0. The highest BCUT2D eigenvalue weighted by Gasteiger charge is 2.45. The van der Waals surface area contributed by atoms with Crippen molar-refractivity contribution in [2.24, 2.45) is 17.8 Å². The Bertz CT molecular complexity index is 954. The molecule has 6 rings (SSSR count). The number of hydrogen-bond acceptors (Lipinski definition) is 6. The first kappa shape index (κ1) is 21.1. The largest absolute Gasteiger partial charge is 0.469 e. The lowest BCUT2D eigenvalue weighted by atomic mass is 9.74. The summed E-state index contributed by atoms with van der Waals surface area (Å²) >= 11 is 0. The minimum atomic E-state index is -0.147. The molecule has 5 heterocycles. The molecule has 2 aromatic rings. The van der Waals surface area contributed by atoms with Crippen LogP contribution in [0.25, 0.3) is 11.3 Å². The van der Waals surface area contributed by atoms with E-state index in [1.54, 1.807) is 0 Å². The third-order valence-corrected chi connectivity index (χ3v) is 7.54. The van der Waals surface area contributed by atoms with Crippen LogP contribution in [0.2, 0.25) is 0 Å². The lowest BCUT2D eigenvalue weighted by Crippen LogP contribution is -2.59. The normalized spacial score (nSPS) is 28.0. The fourth-order valence-corrected chi connectivity index (χ4v) is 5.69. The molecule has 170 valence electrons. The number of likely N-dealkylation sites (tertiary alicyclic amines) is 1. The van der Waals surface area contributed by atoms with Crippen molar-refractivity contribution in [2.45, 2.75) is 38.3 Å². The van der Waals surface area contributed by atoms with Gasteiger partial charge in [-0.1, -0.05) is 35.5 Å². The van der Waals surface area contributed by atoms with E-state index in [1.165, 1.54) is 7.11 Å². The Morgan fingerprint density at radius 1 is 1.09 bits per heavy atom. The molecule has 1 amide bonds. The molecule has 8 nitrogen and oxygen atoms in total. The van der Waals surface area contributed by atoms with Crippen molar-refractivity contribution in [3.8, 4) is 11.3 Å². The minimum Gasteiger partial charge on any atom is -0.469 e. The molecule has 4 aliphatic heterocycles. The van der Waals surface area contributed by atoms with E-state index < -0.39 is 0 Å². The van der Waals surface area contributed by atoms with Crippen LogP contribution in [0, 0.1) is 17.8 Å². The fraction of sp³-hybridized carbons (Fsp3) is 0.583. The molecule has 4 atom stereocenters. The monoisotopic (exact) mass is 437 g/mol. The van der Waals surface area contributed by atoms with Gasteiger partial charge in [-0.25, -0.2) is 0 Å². The minimum absolute atomic E-state index is 0.0663. The van der Waals surface area contributed by atoms with Gasteiger partial charge in [-0.15, -0.1) is 5.10 Å². The average Bonchev–Trinajstić information content (AvgIpc) is 3.32. The maximum Gasteiger partial charge on any atom is 0.308 e. The average molecular weight is 438 g/mol. The van der Waals surface area contributed by atoms with Crippen molar-refractivity contribution in [1.82, 2.24) is 24.8 Å². The van der Waals surface area contributed by atoms with Gasteiger partial charge in [0, 0.05) is 31.2 Å². The molecule has 1 aromatic carbocycles. The molecule has 8 heteroatoms. The molecule has 32 heavy (non-hydrogen) atoms. The number of methoxy groups -OCH3 is 1. The predicted molar refractivity (Wildman–Crippen MR) is 118 cm³/mol. The second-order valence-corrected chi connectivity index (χ2v) is 9.35. The standard InChI is InChI=1S/C24H31N5O3/c1-32-24(31)18-7-10-27(11-8-18)23(30)21-15-28-12-9-19(21)13-20(28)14-29-16-22(25-26-29)17-5-3-2-4-6-17/h2-6,16,18-21H,7-15H2,1H3. The van der Waals surface area contributed by atoms with E-state index >= 15 is 0 Å². The topological polar surface area (TPSA) is 80.6 Å². The number of ether oxygens (including phenoxy) is 1. The van der Waals surface area contributed by atoms with Crippen LogP contribution in [-0.2, 0) is 20.9 Å². The van der Waals surface area contributed by atoms with Gasteiger partial charge < -0.3 is 9.64 Å². The first-order valence-electron chi connectivity index (χ1n) is 11.7. The van der Waals surface area contributed by atoms with Gasteiger partial charge in [0.25, 0.3) is 0 Å². The number of carbonyl (C=O) groups excluding carboxylic acids is 2. The van der Waals surface area contributed by atoms with Gasteiger partial charge in [-0.3, -0.25) is 19.2 Å². The van der Waals surface area contributed by atoms with E-state index in [1.807, 2.05) is 46.1 Å². The van der Waals surface area contributed by atoms with Crippen molar-refractivity contribution in [1.29, 1.82) is 0 Å². The van der Waals surface area contributed by atoms with Crippen LogP contribution in [0.4, 0.5) is 0 Å². The molecule has 0 radical (unpaired) electrons. The summed E-state index contributed by atoms with van der Waals surface area (Å²) in [5, 5.41) is 8.70. The van der Waals surface area contributed by atoms with Crippen LogP contribution in [0.3, 0.4) is 0 Å². The van der Waals surface area contributed by atoms with Gasteiger partial charge in [0.15, 0.2) is 0 Å². The molecule has 1 aromatic heterocycles. The third-order valence-electron chi connectivity index (χ3n) is 7.54. The van der Waals surface area contributed by atoms with Crippen LogP contribution < -0.4 is 0 Å². The second kappa shape index (κ2) is 9.02. The number of benzene rings is 1. The highest BCUT2D eigenvalue weighted by atomic mass is 16.5. The SMILES string of the molecule is COC(=O)C1CCN(C(=O)C2CN3CCC2CC3Cn2cc(-c3ccccc3)nn2)CC1. The zero-order chi connectivity index (χ0) is 22.1. The molecule has 4 aliphatic rings. The van der Waals surface area contributed by atoms with Crippen LogP contribution in [0.1, 0.15) is 25.7 Å². The number of nitrogens with zero attached hydrogens (tertiary/aromatic N) is 5. The Kier molecular flexibility index (Phi) is 5.95. The van der Waals surface area contributed by atoms with E-state index in [4.69, 9.17) is 4.74 Å². The number of amides is 1. The van der Waals surface area contributed by atoms with E-state index in [0.717, 1.165) is 43.7 Å². The zero-order valence-corrected chi connectivity index (χ0v) is 18.6. The number of aromatic nitrogens is 3. The second-order valence-electron chi connectivity index (χ2n) is 9.35. The Hall–Kier alpha value is -2.74. The summed E-state index contributed by atoms with van der Waals surface area (Å²) < 4.78 is 6.82.